The first-order chi connectivity index (χ1) is 12.1. The van der Waals surface area contributed by atoms with Crippen molar-refractivity contribution in [2.75, 3.05) is 7.11 Å². The summed E-state index contributed by atoms with van der Waals surface area (Å²) in [7, 11) is 0.639. The molecule has 0 spiro atoms. The van der Waals surface area contributed by atoms with E-state index in [4.69, 9.17) is 9.16 Å². The van der Waals surface area contributed by atoms with Crippen molar-refractivity contribution in [2.45, 2.75) is 90.4 Å². The van der Waals surface area contributed by atoms with Gasteiger partial charge in [0.15, 0.2) is 8.32 Å². The highest BCUT2D eigenvalue weighted by Crippen LogP contribution is 2.51. The summed E-state index contributed by atoms with van der Waals surface area (Å²) in [5.74, 6) is 0.940. The smallest absolute Gasteiger partial charge is 0.429 e. The first-order valence-corrected chi connectivity index (χ1v) is 13.0. The average molecular weight is 413 g/mol. The molecular weight excluding hydrogens is 377 g/mol. The number of fused-ring (bicyclic) bond motifs is 2. The van der Waals surface area contributed by atoms with E-state index in [2.05, 4.69) is 24.4 Å². The van der Waals surface area contributed by atoms with Crippen LogP contribution in [0.3, 0.4) is 0 Å². The van der Waals surface area contributed by atoms with Gasteiger partial charge in [0.25, 0.3) is 0 Å². The normalized spacial score (nSPS) is 26.2. The van der Waals surface area contributed by atoms with Gasteiger partial charge in [-0.15, -0.1) is 0 Å². The minimum atomic E-state index is -4.54. The third kappa shape index (κ3) is 9.32. The fourth-order valence-electron chi connectivity index (χ4n) is 3.58. The zero-order valence-electron chi connectivity index (χ0n) is 17.6. The summed E-state index contributed by atoms with van der Waals surface area (Å²) in [6, 6.07) is 0. The monoisotopic (exact) mass is 412 g/mol. The minimum Gasteiger partial charge on any atom is -0.429 e. The lowest BCUT2D eigenvalue weighted by Crippen LogP contribution is -2.38. The summed E-state index contributed by atoms with van der Waals surface area (Å²) >= 11 is 0. The lowest BCUT2D eigenvalue weighted by Gasteiger charge is -2.28. The Morgan fingerprint density at radius 1 is 1.11 bits per heavy atom. The van der Waals surface area contributed by atoms with Gasteiger partial charge in [-0.25, -0.2) is 4.79 Å². The molecule has 0 aromatic rings. The summed E-state index contributed by atoms with van der Waals surface area (Å²) in [5, 5.41) is 0. The van der Waals surface area contributed by atoms with E-state index in [-0.39, 0.29) is 12.3 Å². The van der Waals surface area contributed by atoms with Crippen LogP contribution < -0.4 is 0 Å². The largest absolute Gasteiger partial charge is 0.509 e. The molecule has 0 aromatic heterocycles. The minimum absolute atomic E-state index is 0.0119. The van der Waals surface area contributed by atoms with Gasteiger partial charge >= 0.3 is 12.3 Å². The van der Waals surface area contributed by atoms with E-state index in [0.717, 1.165) is 25.7 Å². The van der Waals surface area contributed by atoms with E-state index in [0.29, 0.717) is 11.8 Å². The Balaban J connectivity index is 0.000000527. The molecule has 4 atom stereocenters. The lowest BCUT2D eigenvalue weighted by molar-refractivity contribution is -0.217. The van der Waals surface area contributed by atoms with Crippen LogP contribution in [0.25, 0.3) is 0 Å². The molecule has 0 radical (unpaired) electrons. The third-order valence-electron chi connectivity index (χ3n) is 5.01. The Kier molecular flexibility index (Phi) is 8.23. The fraction of sp³-hybridized carbons (Fsp3) is 0.947. The Hall–Kier alpha value is -0.763. The molecule has 2 bridgehead atoms. The summed E-state index contributed by atoms with van der Waals surface area (Å²) in [6.07, 6.45) is -3.99. The predicted octanol–water partition coefficient (Wildman–Crippen LogP) is 6.16. The SMILES string of the molecule is CC(C)(C)OC(=O)OC(CC1CC2CCC1C2)C(F)(F)F.CO[Si](C)(C)C. The number of ether oxygens (including phenoxy) is 2. The van der Waals surface area contributed by atoms with E-state index in [9.17, 15) is 18.0 Å². The Morgan fingerprint density at radius 2 is 1.67 bits per heavy atom. The quantitative estimate of drug-likeness (QED) is 0.409. The Labute approximate surface area is 162 Å². The second-order valence-electron chi connectivity index (χ2n) is 9.60. The first-order valence-electron chi connectivity index (χ1n) is 9.62. The summed E-state index contributed by atoms with van der Waals surface area (Å²) in [6.45, 7) is 11.2. The molecular formula is C19H35F3O4Si. The highest BCUT2D eigenvalue weighted by molar-refractivity contribution is 6.69. The van der Waals surface area contributed by atoms with Crippen molar-refractivity contribution in [1.82, 2.24) is 0 Å². The van der Waals surface area contributed by atoms with Gasteiger partial charge in [0.1, 0.15) is 5.60 Å². The maximum Gasteiger partial charge on any atom is 0.509 e. The molecule has 0 N–H and O–H groups in total. The summed E-state index contributed by atoms with van der Waals surface area (Å²) in [5.41, 5.74) is -0.861. The number of halogens is 3. The highest BCUT2D eigenvalue weighted by Gasteiger charge is 2.48. The number of hydrogen-bond donors (Lipinski definition) is 0. The summed E-state index contributed by atoms with van der Waals surface area (Å²) < 4.78 is 53.7. The lowest BCUT2D eigenvalue weighted by atomic mass is 9.84. The maximum atomic E-state index is 13.1. The van der Waals surface area contributed by atoms with E-state index >= 15 is 0 Å². The number of carbonyl (C=O) groups excluding carboxylic acids is 1. The van der Waals surface area contributed by atoms with Gasteiger partial charge in [-0.2, -0.15) is 13.2 Å². The van der Waals surface area contributed by atoms with Crippen molar-refractivity contribution >= 4 is 14.5 Å². The van der Waals surface area contributed by atoms with Crippen molar-refractivity contribution < 1.29 is 31.9 Å². The number of carbonyl (C=O) groups is 1. The third-order valence-corrected chi connectivity index (χ3v) is 6.23. The van der Waals surface area contributed by atoms with Gasteiger partial charge in [0.2, 0.25) is 6.10 Å². The van der Waals surface area contributed by atoms with Gasteiger partial charge in [-0.3, -0.25) is 0 Å². The van der Waals surface area contributed by atoms with Crippen molar-refractivity contribution in [1.29, 1.82) is 0 Å². The van der Waals surface area contributed by atoms with E-state index in [1.165, 1.54) is 0 Å². The Bertz CT molecular complexity index is 483. The molecule has 2 aliphatic rings. The van der Waals surface area contributed by atoms with E-state index in [1.54, 1.807) is 27.9 Å². The van der Waals surface area contributed by atoms with Crippen molar-refractivity contribution in [2.24, 2.45) is 17.8 Å². The van der Waals surface area contributed by atoms with Crippen LogP contribution in [-0.2, 0) is 13.9 Å². The zero-order chi connectivity index (χ0) is 21.0. The zero-order valence-corrected chi connectivity index (χ0v) is 18.6. The molecule has 4 nitrogen and oxygen atoms in total. The number of alkyl halides is 3. The second kappa shape index (κ2) is 9.16. The van der Waals surface area contributed by atoms with Crippen LogP contribution in [0.2, 0.25) is 19.6 Å². The molecule has 2 saturated carbocycles. The van der Waals surface area contributed by atoms with Crippen LogP contribution in [0.1, 0.15) is 52.9 Å². The van der Waals surface area contributed by atoms with Gasteiger partial charge in [-0.05, 0) is 83.8 Å². The van der Waals surface area contributed by atoms with Gasteiger partial charge < -0.3 is 13.9 Å². The van der Waals surface area contributed by atoms with Crippen molar-refractivity contribution in [3.8, 4) is 0 Å². The molecule has 0 saturated heterocycles. The topological polar surface area (TPSA) is 44.8 Å². The van der Waals surface area contributed by atoms with Crippen LogP contribution in [-0.4, -0.2) is 39.5 Å². The van der Waals surface area contributed by atoms with Crippen LogP contribution in [0.15, 0.2) is 0 Å². The van der Waals surface area contributed by atoms with Gasteiger partial charge in [0, 0.05) is 7.11 Å². The van der Waals surface area contributed by atoms with E-state index in [1.807, 2.05) is 0 Å². The van der Waals surface area contributed by atoms with Gasteiger partial charge in [-0.1, -0.05) is 6.42 Å². The number of hydrogen-bond acceptors (Lipinski definition) is 4. The molecule has 2 rings (SSSR count). The van der Waals surface area contributed by atoms with Crippen molar-refractivity contribution in [3.63, 3.8) is 0 Å². The average Bonchev–Trinajstić information content (AvgIpc) is 3.06. The standard InChI is InChI=1S/C15H23F3O3.C4H12OSi/c1-14(2,3)21-13(19)20-12(15(16,17)18)8-11-7-9-4-5-10(11)6-9;1-5-6(2,3)4/h9-12H,4-8H2,1-3H3;1-4H3. The molecule has 0 heterocycles. The van der Waals surface area contributed by atoms with Crippen molar-refractivity contribution in [3.05, 3.63) is 0 Å². The van der Waals surface area contributed by atoms with Crippen LogP contribution in [0.4, 0.5) is 18.0 Å². The molecule has 2 aliphatic carbocycles. The fourth-order valence-corrected chi connectivity index (χ4v) is 3.58. The van der Waals surface area contributed by atoms with E-state index < -0.39 is 32.4 Å². The molecule has 2 fully saturated rings. The molecule has 160 valence electrons. The maximum absolute atomic E-state index is 13.1. The first kappa shape index (κ1) is 24.3. The van der Waals surface area contributed by atoms with Crippen LogP contribution >= 0.6 is 0 Å². The molecule has 0 aromatic carbocycles. The highest BCUT2D eigenvalue weighted by atomic mass is 28.4. The van der Waals surface area contributed by atoms with Crippen LogP contribution in [0, 0.1) is 17.8 Å². The number of rotatable bonds is 4. The molecule has 4 unspecified atom stereocenters. The molecule has 0 aliphatic heterocycles. The van der Waals surface area contributed by atoms with Gasteiger partial charge in [0.05, 0.1) is 0 Å². The summed E-state index contributed by atoms with van der Waals surface area (Å²) in [4.78, 5) is 11.5. The van der Waals surface area contributed by atoms with Crippen LogP contribution in [0.5, 0.6) is 0 Å². The molecule has 0 amide bonds. The predicted molar refractivity (Wildman–Crippen MR) is 101 cm³/mol. The molecule has 27 heavy (non-hydrogen) atoms. The molecule has 8 heteroatoms. The Morgan fingerprint density at radius 3 is 2.00 bits per heavy atom. The second-order valence-corrected chi connectivity index (χ2v) is 14.2.